The molecule has 104 valence electrons. The summed E-state index contributed by atoms with van der Waals surface area (Å²) in [6.45, 7) is 9.95. The molecule has 3 heteroatoms. The molecular weight excluding hydrogens is 222 g/mol. The normalized spacial score (nSPS) is 13.5. The molecule has 1 unspecified atom stereocenters. The van der Waals surface area contributed by atoms with E-state index in [4.69, 9.17) is 0 Å². The second-order valence-electron chi connectivity index (χ2n) is 5.75. The highest BCUT2D eigenvalue weighted by Crippen LogP contribution is 2.06. The van der Waals surface area contributed by atoms with Crippen LogP contribution in [0.2, 0.25) is 0 Å². The van der Waals surface area contributed by atoms with Crippen molar-refractivity contribution < 1.29 is 0 Å². The van der Waals surface area contributed by atoms with E-state index in [2.05, 4.69) is 68.1 Å². The van der Waals surface area contributed by atoms with Gasteiger partial charge in [0.15, 0.2) is 0 Å². The fraction of sp³-hybridized carbons (Fsp3) is 0.733. The highest BCUT2D eigenvalue weighted by atomic mass is 15.1. The van der Waals surface area contributed by atoms with Crippen LogP contribution in [0.5, 0.6) is 0 Å². The van der Waals surface area contributed by atoms with Gasteiger partial charge < -0.3 is 14.8 Å². The molecule has 3 nitrogen and oxygen atoms in total. The van der Waals surface area contributed by atoms with Crippen LogP contribution in [-0.2, 0) is 13.1 Å². The molecule has 1 aromatic heterocycles. The maximum Gasteiger partial charge on any atom is 0.0223 e. The number of rotatable bonds is 8. The smallest absolute Gasteiger partial charge is 0.0223 e. The van der Waals surface area contributed by atoms with Crippen molar-refractivity contribution in [3.05, 3.63) is 24.0 Å². The highest BCUT2D eigenvalue weighted by Gasteiger charge is 2.13. The summed E-state index contributed by atoms with van der Waals surface area (Å²) in [7, 11) is 4.27. The average molecular weight is 251 g/mol. The number of nitrogens with one attached hydrogen (secondary N) is 1. The SMILES string of the molecule is CCCn1ccc(CNC(CN(C)C)C(C)C)c1. The lowest BCUT2D eigenvalue weighted by atomic mass is 10.0. The first-order chi connectivity index (χ1) is 8.52. The van der Waals surface area contributed by atoms with Gasteiger partial charge >= 0.3 is 0 Å². The molecule has 0 spiro atoms. The first kappa shape index (κ1) is 15.3. The largest absolute Gasteiger partial charge is 0.354 e. The van der Waals surface area contributed by atoms with Crippen molar-refractivity contribution in [1.82, 2.24) is 14.8 Å². The highest BCUT2D eigenvalue weighted by molar-refractivity contribution is 5.10. The molecule has 1 rings (SSSR count). The average Bonchev–Trinajstić information content (AvgIpc) is 2.72. The summed E-state index contributed by atoms with van der Waals surface area (Å²) in [5.74, 6) is 0.658. The maximum absolute atomic E-state index is 3.67. The van der Waals surface area contributed by atoms with Gasteiger partial charge in [-0.1, -0.05) is 20.8 Å². The molecule has 0 aliphatic carbocycles. The van der Waals surface area contributed by atoms with E-state index >= 15 is 0 Å². The van der Waals surface area contributed by atoms with Gasteiger partial charge in [-0.15, -0.1) is 0 Å². The Labute approximate surface area is 112 Å². The van der Waals surface area contributed by atoms with Crippen LogP contribution in [0.4, 0.5) is 0 Å². The second kappa shape index (κ2) is 7.59. The van der Waals surface area contributed by atoms with E-state index in [1.807, 2.05) is 0 Å². The standard InChI is InChI=1S/C15H29N3/c1-6-8-18-9-7-14(11-18)10-16-15(13(2)3)12-17(4)5/h7,9,11,13,15-16H,6,8,10,12H2,1-5H3. The fourth-order valence-corrected chi connectivity index (χ4v) is 2.15. The van der Waals surface area contributed by atoms with E-state index in [1.165, 1.54) is 12.0 Å². The molecule has 1 N–H and O–H groups in total. The third-order valence-corrected chi connectivity index (χ3v) is 3.23. The van der Waals surface area contributed by atoms with Crippen LogP contribution in [0.25, 0.3) is 0 Å². The minimum absolute atomic E-state index is 0.550. The first-order valence-corrected chi connectivity index (χ1v) is 7.05. The Morgan fingerprint density at radius 2 is 2.06 bits per heavy atom. The second-order valence-corrected chi connectivity index (χ2v) is 5.75. The third-order valence-electron chi connectivity index (χ3n) is 3.23. The molecule has 1 atom stereocenters. The van der Waals surface area contributed by atoms with E-state index in [-0.39, 0.29) is 0 Å². The van der Waals surface area contributed by atoms with Crippen molar-refractivity contribution in [1.29, 1.82) is 0 Å². The molecular formula is C15H29N3. The van der Waals surface area contributed by atoms with Gasteiger partial charge in [0, 0.05) is 38.1 Å². The molecule has 0 fully saturated rings. The van der Waals surface area contributed by atoms with Crippen LogP contribution < -0.4 is 5.32 Å². The minimum atomic E-state index is 0.550. The first-order valence-electron chi connectivity index (χ1n) is 7.05. The zero-order valence-corrected chi connectivity index (χ0v) is 12.6. The molecule has 0 aliphatic rings. The number of nitrogens with zero attached hydrogens (tertiary/aromatic N) is 2. The van der Waals surface area contributed by atoms with Gasteiger partial charge in [0.05, 0.1) is 0 Å². The molecule has 0 radical (unpaired) electrons. The summed E-state index contributed by atoms with van der Waals surface area (Å²) >= 11 is 0. The number of likely N-dealkylation sites (N-methyl/N-ethyl adjacent to an activating group) is 1. The molecule has 0 aromatic carbocycles. The Morgan fingerprint density at radius 1 is 1.33 bits per heavy atom. The van der Waals surface area contributed by atoms with Gasteiger partial charge in [0.25, 0.3) is 0 Å². The van der Waals surface area contributed by atoms with Gasteiger partial charge in [-0.05, 0) is 38.1 Å². The van der Waals surface area contributed by atoms with Gasteiger partial charge in [0.1, 0.15) is 0 Å². The van der Waals surface area contributed by atoms with E-state index in [1.54, 1.807) is 0 Å². The quantitative estimate of drug-likeness (QED) is 0.766. The Balaban J connectivity index is 2.45. The Bertz CT molecular complexity index is 328. The lowest BCUT2D eigenvalue weighted by Gasteiger charge is -2.25. The topological polar surface area (TPSA) is 20.2 Å². The molecule has 1 aromatic rings. The van der Waals surface area contributed by atoms with E-state index < -0.39 is 0 Å². The van der Waals surface area contributed by atoms with Crippen LogP contribution in [0, 0.1) is 5.92 Å². The Kier molecular flexibility index (Phi) is 6.44. The van der Waals surface area contributed by atoms with Crippen molar-refractivity contribution in [3.63, 3.8) is 0 Å². The van der Waals surface area contributed by atoms with Crippen LogP contribution in [0.3, 0.4) is 0 Å². The molecule has 1 heterocycles. The van der Waals surface area contributed by atoms with Crippen LogP contribution in [0.1, 0.15) is 32.8 Å². The molecule has 0 saturated heterocycles. The number of aromatic nitrogens is 1. The molecule has 0 aliphatic heterocycles. The molecule has 0 saturated carbocycles. The fourth-order valence-electron chi connectivity index (χ4n) is 2.15. The summed E-state index contributed by atoms with van der Waals surface area (Å²) in [4.78, 5) is 2.25. The van der Waals surface area contributed by atoms with Crippen molar-refractivity contribution in [3.8, 4) is 0 Å². The van der Waals surface area contributed by atoms with Crippen LogP contribution in [-0.4, -0.2) is 36.1 Å². The number of hydrogen-bond acceptors (Lipinski definition) is 2. The predicted molar refractivity (Wildman–Crippen MR) is 78.7 cm³/mol. The molecule has 18 heavy (non-hydrogen) atoms. The summed E-state index contributed by atoms with van der Waals surface area (Å²) in [5.41, 5.74) is 1.38. The summed E-state index contributed by atoms with van der Waals surface area (Å²) in [5, 5.41) is 3.67. The third kappa shape index (κ3) is 5.23. The van der Waals surface area contributed by atoms with Gasteiger partial charge in [0.2, 0.25) is 0 Å². The van der Waals surface area contributed by atoms with Crippen LogP contribution >= 0.6 is 0 Å². The summed E-state index contributed by atoms with van der Waals surface area (Å²) in [6.07, 6.45) is 5.62. The molecule has 0 amide bonds. The van der Waals surface area contributed by atoms with Gasteiger partial charge in [-0.3, -0.25) is 0 Å². The zero-order valence-electron chi connectivity index (χ0n) is 12.6. The van der Waals surface area contributed by atoms with Crippen LogP contribution in [0.15, 0.2) is 18.5 Å². The maximum atomic E-state index is 3.67. The lowest BCUT2D eigenvalue weighted by molar-refractivity contribution is 0.288. The summed E-state index contributed by atoms with van der Waals surface area (Å²) in [6, 6.07) is 2.77. The number of hydrogen-bond donors (Lipinski definition) is 1. The molecule has 0 bridgehead atoms. The predicted octanol–water partition coefficient (Wildman–Crippen LogP) is 2.57. The van der Waals surface area contributed by atoms with E-state index in [0.717, 1.165) is 19.6 Å². The van der Waals surface area contributed by atoms with E-state index in [9.17, 15) is 0 Å². The van der Waals surface area contributed by atoms with Crippen molar-refractivity contribution in [2.45, 2.75) is 46.3 Å². The van der Waals surface area contributed by atoms with E-state index in [0.29, 0.717) is 12.0 Å². The van der Waals surface area contributed by atoms with Crippen molar-refractivity contribution >= 4 is 0 Å². The van der Waals surface area contributed by atoms with Crippen molar-refractivity contribution in [2.24, 2.45) is 5.92 Å². The van der Waals surface area contributed by atoms with Gasteiger partial charge in [-0.25, -0.2) is 0 Å². The Hall–Kier alpha value is -0.800. The lowest BCUT2D eigenvalue weighted by Crippen LogP contribution is -2.41. The van der Waals surface area contributed by atoms with Gasteiger partial charge in [-0.2, -0.15) is 0 Å². The zero-order chi connectivity index (χ0) is 13.5. The monoisotopic (exact) mass is 251 g/mol. The Morgan fingerprint density at radius 3 is 2.61 bits per heavy atom. The van der Waals surface area contributed by atoms with Crippen molar-refractivity contribution in [2.75, 3.05) is 20.6 Å². The summed E-state index contributed by atoms with van der Waals surface area (Å²) < 4.78 is 2.27. The minimum Gasteiger partial charge on any atom is -0.354 e. The number of aryl methyl sites for hydroxylation is 1.